The maximum absolute atomic E-state index is 6.22. The van der Waals surface area contributed by atoms with Gasteiger partial charge in [-0.2, -0.15) is 5.10 Å². The zero-order valence-corrected chi connectivity index (χ0v) is 9.40. The molecule has 80 valence electrons. The summed E-state index contributed by atoms with van der Waals surface area (Å²) in [4.78, 5) is 0. The predicted molar refractivity (Wildman–Crippen MR) is 58.9 cm³/mol. The Balaban J connectivity index is 2.81. The van der Waals surface area contributed by atoms with Gasteiger partial charge in [-0.05, 0) is 18.9 Å². The van der Waals surface area contributed by atoms with Crippen LogP contribution in [0.3, 0.4) is 0 Å². The second-order valence-electron chi connectivity index (χ2n) is 3.67. The van der Waals surface area contributed by atoms with Gasteiger partial charge in [0, 0.05) is 18.8 Å². The molecule has 0 bridgehead atoms. The van der Waals surface area contributed by atoms with Gasteiger partial charge in [-0.1, -0.05) is 26.7 Å². The third kappa shape index (κ3) is 2.15. The number of aromatic nitrogens is 2. The summed E-state index contributed by atoms with van der Waals surface area (Å²) in [5.74, 6) is 0.567. The second-order valence-corrected chi connectivity index (χ2v) is 3.67. The molecule has 3 nitrogen and oxygen atoms in total. The first kappa shape index (κ1) is 11.2. The third-order valence-electron chi connectivity index (χ3n) is 2.95. The highest BCUT2D eigenvalue weighted by Crippen LogP contribution is 2.24. The molecule has 0 radical (unpaired) electrons. The van der Waals surface area contributed by atoms with Gasteiger partial charge in [-0.3, -0.25) is 4.68 Å². The van der Waals surface area contributed by atoms with Crippen molar-refractivity contribution >= 4 is 0 Å². The topological polar surface area (TPSA) is 43.8 Å². The molecule has 1 aromatic heterocycles. The Bertz CT molecular complexity index is 263. The van der Waals surface area contributed by atoms with Crippen LogP contribution in [0, 0.1) is 5.92 Å². The zero-order chi connectivity index (χ0) is 10.6. The zero-order valence-electron chi connectivity index (χ0n) is 9.40. The van der Waals surface area contributed by atoms with Gasteiger partial charge in [-0.15, -0.1) is 0 Å². The van der Waals surface area contributed by atoms with E-state index in [1.54, 1.807) is 0 Å². The Morgan fingerprint density at radius 3 is 2.50 bits per heavy atom. The van der Waals surface area contributed by atoms with Crippen LogP contribution in [0.2, 0.25) is 0 Å². The molecule has 2 N–H and O–H groups in total. The normalized spacial score (nSPS) is 13.5. The molecule has 1 unspecified atom stereocenters. The SMILES string of the molecule is CCC(CC)C(N)c1ccnn1CC. The molecular formula is C11H21N3. The van der Waals surface area contributed by atoms with Crippen LogP contribution >= 0.6 is 0 Å². The Kier molecular flexibility index (Phi) is 4.14. The molecule has 0 fully saturated rings. The number of hydrogen-bond donors (Lipinski definition) is 1. The van der Waals surface area contributed by atoms with E-state index in [1.807, 2.05) is 16.9 Å². The van der Waals surface area contributed by atoms with Crippen LogP contribution < -0.4 is 5.73 Å². The van der Waals surface area contributed by atoms with Crippen LogP contribution in [0.25, 0.3) is 0 Å². The molecule has 0 spiro atoms. The number of aryl methyl sites for hydroxylation is 1. The molecule has 1 atom stereocenters. The van der Waals surface area contributed by atoms with Gasteiger partial charge >= 0.3 is 0 Å². The molecule has 0 aromatic carbocycles. The summed E-state index contributed by atoms with van der Waals surface area (Å²) in [5.41, 5.74) is 7.39. The van der Waals surface area contributed by atoms with E-state index in [0.29, 0.717) is 5.92 Å². The van der Waals surface area contributed by atoms with Crippen molar-refractivity contribution in [1.29, 1.82) is 0 Å². The fourth-order valence-corrected chi connectivity index (χ4v) is 1.93. The van der Waals surface area contributed by atoms with Crippen molar-refractivity contribution in [2.24, 2.45) is 11.7 Å². The Morgan fingerprint density at radius 2 is 2.00 bits per heavy atom. The van der Waals surface area contributed by atoms with Crippen molar-refractivity contribution in [1.82, 2.24) is 9.78 Å². The fraction of sp³-hybridized carbons (Fsp3) is 0.727. The van der Waals surface area contributed by atoms with E-state index >= 15 is 0 Å². The van der Waals surface area contributed by atoms with E-state index in [-0.39, 0.29) is 6.04 Å². The van der Waals surface area contributed by atoms with E-state index in [2.05, 4.69) is 25.9 Å². The lowest BCUT2D eigenvalue weighted by Gasteiger charge is -2.21. The highest BCUT2D eigenvalue weighted by Gasteiger charge is 2.18. The van der Waals surface area contributed by atoms with E-state index in [1.165, 1.54) is 5.69 Å². The minimum Gasteiger partial charge on any atom is -0.322 e. The van der Waals surface area contributed by atoms with Crippen molar-refractivity contribution in [2.45, 2.75) is 46.2 Å². The predicted octanol–water partition coefficient (Wildman–Crippen LogP) is 2.34. The van der Waals surface area contributed by atoms with Crippen molar-refractivity contribution in [3.8, 4) is 0 Å². The lowest BCUT2D eigenvalue weighted by Crippen LogP contribution is -2.23. The van der Waals surface area contributed by atoms with Crippen LogP contribution in [0.4, 0.5) is 0 Å². The van der Waals surface area contributed by atoms with Crippen molar-refractivity contribution in [3.63, 3.8) is 0 Å². The van der Waals surface area contributed by atoms with Crippen molar-refractivity contribution in [2.75, 3.05) is 0 Å². The summed E-state index contributed by atoms with van der Waals surface area (Å²) >= 11 is 0. The van der Waals surface area contributed by atoms with E-state index < -0.39 is 0 Å². The molecule has 0 aliphatic carbocycles. The summed E-state index contributed by atoms with van der Waals surface area (Å²) in [6.45, 7) is 7.38. The molecule has 1 rings (SSSR count). The standard InChI is InChI=1S/C11H21N3/c1-4-9(5-2)11(12)10-7-8-13-14(10)6-3/h7-9,11H,4-6,12H2,1-3H3. The molecule has 1 aromatic rings. The number of nitrogens with two attached hydrogens (primary N) is 1. The van der Waals surface area contributed by atoms with Crippen LogP contribution in [0.1, 0.15) is 45.3 Å². The molecule has 14 heavy (non-hydrogen) atoms. The van der Waals surface area contributed by atoms with E-state index in [4.69, 9.17) is 5.73 Å². The molecular weight excluding hydrogens is 174 g/mol. The minimum absolute atomic E-state index is 0.132. The van der Waals surface area contributed by atoms with Gasteiger partial charge < -0.3 is 5.73 Å². The molecule has 0 saturated heterocycles. The largest absolute Gasteiger partial charge is 0.322 e. The van der Waals surface area contributed by atoms with E-state index in [9.17, 15) is 0 Å². The summed E-state index contributed by atoms with van der Waals surface area (Å²) in [6.07, 6.45) is 4.10. The maximum atomic E-state index is 6.22. The summed E-state index contributed by atoms with van der Waals surface area (Å²) < 4.78 is 1.99. The molecule has 3 heteroatoms. The first-order chi connectivity index (χ1) is 6.74. The molecule has 0 aliphatic rings. The van der Waals surface area contributed by atoms with E-state index in [0.717, 1.165) is 19.4 Å². The quantitative estimate of drug-likeness (QED) is 0.783. The van der Waals surface area contributed by atoms with Crippen molar-refractivity contribution in [3.05, 3.63) is 18.0 Å². The monoisotopic (exact) mass is 195 g/mol. The molecule has 1 heterocycles. The van der Waals surface area contributed by atoms with Crippen LogP contribution in [0.15, 0.2) is 12.3 Å². The van der Waals surface area contributed by atoms with Crippen molar-refractivity contribution < 1.29 is 0 Å². The number of rotatable bonds is 5. The molecule has 0 amide bonds. The van der Waals surface area contributed by atoms with Crippen LogP contribution in [-0.2, 0) is 6.54 Å². The summed E-state index contributed by atoms with van der Waals surface area (Å²) in [7, 11) is 0. The summed E-state index contributed by atoms with van der Waals surface area (Å²) in [5, 5.41) is 4.24. The van der Waals surface area contributed by atoms with Gasteiger partial charge in [0.15, 0.2) is 0 Å². The Hall–Kier alpha value is -0.830. The number of nitrogens with zero attached hydrogens (tertiary/aromatic N) is 2. The smallest absolute Gasteiger partial charge is 0.0554 e. The minimum atomic E-state index is 0.132. The molecule has 0 saturated carbocycles. The first-order valence-electron chi connectivity index (χ1n) is 5.51. The Morgan fingerprint density at radius 1 is 1.36 bits per heavy atom. The van der Waals surface area contributed by atoms with Gasteiger partial charge in [0.05, 0.1) is 5.69 Å². The second kappa shape index (κ2) is 5.15. The number of hydrogen-bond acceptors (Lipinski definition) is 2. The van der Waals surface area contributed by atoms with Gasteiger partial charge in [0.25, 0.3) is 0 Å². The lowest BCUT2D eigenvalue weighted by molar-refractivity contribution is 0.383. The Labute approximate surface area is 86.3 Å². The van der Waals surface area contributed by atoms with Gasteiger partial charge in [-0.25, -0.2) is 0 Å². The van der Waals surface area contributed by atoms with Crippen LogP contribution in [0.5, 0.6) is 0 Å². The molecule has 0 aliphatic heterocycles. The third-order valence-corrected chi connectivity index (χ3v) is 2.95. The van der Waals surface area contributed by atoms with Gasteiger partial charge in [0.2, 0.25) is 0 Å². The average Bonchev–Trinajstić information content (AvgIpc) is 2.67. The first-order valence-corrected chi connectivity index (χ1v) is 5.51. The highest BCUT2D eigenvalue weighted by atomic mass is 15.3. The fourth-order valence-electron chi connectivity index (χ4n) is 1.93. The van der Waals surface area contributed by atoms with Gasteiger partial charge in [0.1, 0.15) is 0 Å². The van der Waals surface area contributed by atoms with Crippen LogP contribution in [-0.4, -0.2) is 9.78 Å². The average molecular weight is 195 g/mol. The summed E-state index contributed by atoms with van der Waals surface area (Å²) in [6, 6.07) is 2.17. The highest BCUT2D eigenvalue weighted by molar-refractivity contribution is 5.07. The maximum Gasteiger partial charge on any atom is 0.0554 e. The lowest BCUT2D eigenvalue weighted by atomic mass is 9.92.